The minimum absolute atomic E-state index is 0.0404. The molecule has 1 saturated carbocycles. The van der Waals surface area contributed by atoms with Gasteiger partial charge in [0.1, 0.15) is 11.6 Å². The van der Waals surface area contributed by atoms with E-state index in [0.29, 0.717) is 17.1 Å². The van der Waals surface area contributed by atoms with Crippen LogP contribution in [0.1, 0.15) is 43.5 Å². The van der Waals surface area contributed by atoms with Gasteiger partial charge in [-0.2, -0.15) is 0 Å². The topological polar surface area (TPSA) is 59.8 Å². The van der Waals surface area contributed by atoms with E-state index in [0.717, 1.165) is 56.5 Å². The summed E-state index contributed by atoms with van der Waals surface area (Å²) in [5, 5.41) is 11.5. The normalized spacial score (nSPS) is 17.3. The number of amides is 1. The number of halogens is 1. The van der Waals surface area contributed by atoms with E-state index in [1.54, 1.807) is 12.1 Å². The standard InChI is InChI=1S/C23H23FN4O/c24-19-11-10-17(25-22(29)23(12-13-23)16-7-3-1-4-8-16)15-18(19)21-27-26-20-9-5-2-6-14-28(20)21/h1,3-4,7-8,10-11,15H,2,5-6,9,12-14H2,(H,25,29). The summed E-state index contributed by atoms with van der Waals surface area (Å²) in [6.45, 7) is 0.796. The number of carbonyl (C=O) groups is 1. The Bertz CT molecular complexity index is 1060. The molecule has 0 saturated heterocycles. The Labute approximate surface area is 169 Å². The van der Waals surface area contributed by atoms with Crippen molar-refractivity contribution in [3.63, 3.8) is 0 Å². The Balaban J connectivity index is 1.44. The first-order valence-corrected chi connectivity index (χ1v) is 10.3. The van der Waals surface area contributed by atoms with E-state index in [1.165, 1.54) is 6.07 Å². The Morgan fingerprint density at radius 2 is 1.86 bits per heavy atom. The van der Waals surface area contributed by atoms with Crippen molar-refractivity contribution in [1.82, 2.24) is 14.8 Å². The number of aromatic nitrogens is 3. The number of rotatable bonds is 4. The average Bonchev–Trinajstić information content (AvgIpc) is 3.51. The molecule has 1 fully saturated rings. The van der Waals surface area contributed by atoms with Gasteiger partial charge in [0.2, 0.25) is 5.91 Å². The second-order valence-electron chi connectivity index (χ2n) is 8.00. The van der Waals surface area contributed by atoms with E-state index in [9.17, 15) is 9.18 Å². The maximum Gasteiger partial charge on any atom is 0.235 e. The maximum absolute atomic E-state index is 14.7. The van der Waals surface area contributed by atoms with Crippen molar-refractivity contribution in [3.05, 3.63) is 65.7 Å². The second-order valence-corrected chi connectivity index (χ2v) is 8.00. The van der Waals surface area contributed by atoms with Crippen LogP contribution in [0.25, 0.3) is 11.4 Å². The molecule has 1 amide bonds. The predicted octanol–water partition coefficient (Wildman–Crippen LogP) is 4.48. The number of nitrogens with one attached hydrogen (secondary N) is 1. The third-order valence-electron chi connectivity index (χ3n) is 6.09. The summed E-state index contributed by atoms with van der Waals surface area (Å²) in [6.07, 6.45) is 5.78. The van der Waals surface area contributed by atoms with Crippen LogP contribution in [0.15, 0.2) is 48.5 Å². The van der Waals surface area contributed by atoms with Crippen molar-refractivity contribution in [2.45, 2.75) is 50.5 Å². The zero-order valence-electron chi connectivity index (χ0n) is 16.2. The molecular formula is C23H23FN4O. The van der Waals surface area contributed by atoms with Gasteiger partial charge >= 0.3 is 0 Å². The lowest BCUT2D eigenvalue weighted by Gasteiger charge is -2.16. The van der Waals surface area contributed by atoms with Crippen LogP contribution in [-0.2, 0) is 23.2 Å². The van der Waals surface area contributed by atoms with Gasteiger partial charge in [0, 0.05) is 18.7 Å². The van der Waals surface area contributed by atoms with Crippen molar-refractivity contribution in [2.24, 2.45) is 0 Å². The van der Waals surface area contributed by atoms with Gasteiger partial charge in [-0.1, -0.05) is 36.8 Å². The van der Waals surface area contributed by atoms with Crippen LogP contribution in [0.4, 0.5) is 10.1 Å². The second kappa shape index (κ2) is 7.10. The fourth-order valence-electron chi connectivity index (χ4n) is 4.24. The Kier molecular flexibility index (Phi) is 4.42. The van der Waals surface area contributed by atoms with Gasteiger partial charge in [0.15, 0.2) is 5.82 Å². The molecule has 2 aliphatic rings. The van der Waals surface area contributed by atoms with Crippen LogP contribution in [0, 0.1) is 5.82 Å². The van der Waals surface area contributed by atoms with Gasteiger partial charge in [-0.25, -0.2) is 4.39 Å². The molecule has 3 aromatic rings. The monoisotopic (exact) mass is 390 g/mol. The minimum Gasteiger partial charge on any atom is -0.325 e. The third kappa shape index (κ3) is 3.22. The molecule has 0 spiro atoms. The van der Waals surface area contributed by atoms with Gasteiger partial charge < -0.3 is 9.88 Å². The molecule has 148 valence electrons. The first kappa shape index (κ1) is 18.0. The van der Waals surface area contributed by atoms with E-state index in [-0.39, 0.29) is 11.7 Å². The van der Waals surface area contributed by atoms with E-state index in [4.69, 9.17) is 0 Å². The molecule has 29 heavy (non-hydrogen) atoms. The first-order valence-electron chi connectivity index (χ1n) is 10.3. The molecule has 6 heteroatoms. The lowest BCUT2D eigenvalue weighted by Crippen LogP contribution is -2.27. The molecule has 0 unspecified atom stereocenters. The lowest BCUT2D eigenvalue weighted by atomic mass is 9.95. The van der Waals surface area contributed by atoms with Crippen LogP contribution in [-0.4, -0.2) is 20.7 Å². The highest BCUT2D eigenvalue weighted by atomic mass is 19.1. The smallest absolute Gasteiger partial charge is 0.235 e. The van der Waals surface area contributed by atoms with Crippen molar-refractivity contribution >= 4 is 11.6 Å². The summed E-state index contributed by atoms with van der Waals surface area (Å²) in [7, 11) is 0. The molecule has 0 atom stereocenters. The summed E-state index contributed by atoms with van der Waals surface area (Å²) >= 11 is 0. The van der Waals surface area contributed by atoms with Crippen molar-refractivity contribution in [3.8, 4) is 11.4 Å². The van der Waals surface area contributed by atoms with Crippen LogP contribution >= 0.6 is 0 Å². The summed E-state index contributed by atoms with van der Waals surface area (Å²) < 4.78 is 16.7. The van der Waals surface area contributed by atoms with Crippen LogP contribution in [0.3, 0.4) is 0 Å². The number of fused-ring (bicyclic) bond motifs is 1. The number of nitrogens with zero attached hydrogens (tertiary/aromatic N) is 3. The van der Waals surface area contributed by atoms with E-state index in [1.807, 2.05) is 34.9 Å². The highest BCUT2D eigenvalue weighted by Crippen LogP contribution is 2.49. The number of anilines is 1. The summed E-state index contributed by atoms with van der Waals surface area (Å²) in [5.41, 5.74) is 1.53. The molecule has 1 N–H and O–H groups in total. The molecule has 0 radical (unpaired) electrons. The fraction of sp³-hybridized carbons (Fsp3) is 0.348. The number of benzene rings is 2. The van der Waals surface area contributed by atoms with E-state index < -0.39 is 5.41 Å². The summed E-state index contributed by atoms with van der Waals surface area (Å²) in [4.78, 5) is 13.0. The largest absolute Gasteiger partial charge is 0.325 e. The molecule has 2 heterocycles. The molecule has 0 bridgehead atoms. The van der Waals surface area contributed by atoms with Gasteiger partial charge in [-0.05, 0) is 49.4 Å². The molecular weight excluding hydrogens is 367 g/mol. The van der Waals surface area contributed by atoms with Crippen molar-refractivity contribution in [2.75, 3.05) is 5.32 Å². The predicted molar refractivity (Wildman–Crippen MR) is 109 cm³/mol. The average molecular weight is 390 g/mol. The molecule has 1 aliphatic carbocycles. The van der Waals surface area contributed by atoms with Crippen LogP contribution in [0.2, 0.25) is 0 Å². The Morgan fingerprint density at radius 3 is 2.66 bits per heavy atom. The first-order chi connectivity index (χ1) is 14.2. The SMILES string of the molecule is O=C(Nc1ccc(F)c(-c2nnc3n2CCCCC3)c1)C1(c2ccccc2)CC1. The van der Waals surface area contributed by atoms with Gasteiger partial charge in [-0.15, -0.1) is 10.2 Å². The van der Waals surface area contributed by atoms with Crippen LogP contribution < -0.4 is 5.32 Å². The van der Waals surface area contributed by atoms with E-state index >= 15 is 0 Å². The number of aryl methyl sites for hydroxylation is 1. The number of hydrogen-bond acceptors (Lipinski definition) is 3. The fourth-order valence-corrected chi connectivity index (χ4v) is 4.24. The van der Waals surface area contributed by atoms with Crippen molar-refractivity contribution in [1.29, 1.82) is 0 Å². The van der Waals surface area contributed by atoms with Crippen LogP contribution in [0.5, 0.6) is 0 Å². The molecule has 5 rings (SSSR count). The van der Waals surface area contributed by atoms with Gasteiger partial charge in [0.05, 0.1) is 11.0 Å². The Morgan fingerprint density at radius 1 is 1.03 bits per heavy atom. The highest BCUT2D eigenvalue weighted by Gasteiger charge is 2.51. The van der Waals surface area contributed by atoms with Gasteiger partial charge in [0.25, 0.3) is 0 Å². The van der Waals surface area contributed by atoms with E-state index in [2.05, 4.69) is 15.5 Å². The molecule has 1 aromatic heterocycles. The quantitative estimate of drug-likeness (QED) is 0.714. The molecule has 5 nitrogen and oxygen atoms in total. The maximum atomic E-state index is 14.7. The Hall–Kier alpha value is -3.02. The molecule has 2 aromatic carbocycles. The third-order valence-corrected chi connectivity index (χ3v) is 6.09. The summed E-state index contributed by atoms with van der Waals surface area (Å²) in [6, 6.07) is 14.5. The summed E-state index contributed by atoms with van der Waals surface area (Å²) in [5.74, 6) is 1.06. The number of carbonyl (C=O) groups excluding carboxylic acids is 1. The van der Waals surface area contributed by atoms with Gasteiger partial charge in [-0.3, -0.25) is 4.79 Å². The lowest BCUT2D eigenvalue weighted by molar-refractivity contribution is -0.118. The number of hydrogen-bond donors (Lipinski definition) is 1. The zero-order valence-corrected chi connectivity index (χ0v) is 16.2. The highest BCUT2D eigenvalue weighted by molar-refractivity contribution is 6.01. The zero-order chi connectivity index (χ0) is 19.8. The molecule has 1 aliphatic heterocycles. The minimum atomic E-state index is -0.470. The van der Waals surface area contributed by atoms with Crippen molar-refractivity contribution < 1.29 is 9.18 Å².